The molecule has 1 aromatic heterocycles. The Kier molecular flexibility index (Phi) is 5.24. The zero-order chi connectivity index (χ0) is 18.8. The van der Waals surface area contributed by atoms with Crippen LogP contribution in [0.1, 0.15) is 33.5 Å². The third-order valence-electron chi connectivity index (χ3n) is 4.30. The van der Waals surface area contributed by atoms with Gasteiger partial charge in [-0.2, -0.15) is 0 Å². The SMILES string of the molecule is CN1C(=O)C[C@@H](C(=O)NCc2nc(C(=O)O)cs2)[C@@H]1c1cccc(Cl)c1. The molecule has 136 valence electrons. The van der Waals surface area contributed by atoms with Gasteiger partial charge in [-0.25, -0.2) is 9.78 Å². The lowest BCUT2D eigenvalue weighted by molar-refractivity contribution is -0.128. The molecule has 0 saturated carbocycles. The Bertz CT molecular complexity index is 869. The number of likely N-dealkylation sites (tertiary alicyclic amines) is 1. The van der Waals surface area contributed by atoms with Crippen LogP contribution in [0.5, 0.6) is 0 Å². The minimum atomic E-state index is -1.11. The molecule has 0 bridgehead atoms. The van der Waals surface area contributed by atoms with E-state index in [1.807, 2.05) is 6.07 Å². The van der Waals surface area contributed by atoms with E-state index in [1.165, 1.54) is 5.38 Å². The summed E-state index contributed by atoms with van der Waals surface area (Å²) in [5, 5.41) is 14.1. The van der Waals surface area contributed by atoms with Crippen molar-refractivity contribution in [2.45, 2.75) is 19.0 Å². The van der Waals surface area contributed by atoms with E-state index < -0.39 is 17.9 Å². The van der Waals surface area contributed by atoms with Gasteiger partial charge in [0.1, 0.15) is 5.01 Å². The summed E-state index contributed by atoms with van der Waals surface area (Å²) in [5.41, 5.74) is 0.750. The molecule has 0 aliphatic carbocycles. The Hall–Kier alpha value is -2.45. The second-order valence-corrected chi connectivity index (χ2v) is 7.34. The molecule has 1 aromatic carbocycles. The molecule has 2 heterocycles. The van der Waals surface area contributed by atoms with Crippen LogP contribution in [0.4, 0.5) is 0 Å². The first-order valence-corrected chi connectivity index (χ1v) is 9.09. The van der Waals surface area contributed by atoms with Crippen molar-refractivity contribution in [3.8, 4) is 0 Å². The van der Waals surface area contributed by atoms with Crippen molar-refractivity contribution in [2.24, 2.45) is 5.92 Å². The van der Waals surface area contributed by atoms with E-state index in [2.05, 4.69) is 10.3 Å². The Balaban J connectivity index is 1.73. The van der Waals surface area contributed by atoms with Gasteiger partial charge < -0.3 is 15.3 Å². The van der Waals surface area contributed by atoms with Crippen molar-refractivity contribution >= 4 is 40.7 Å². The van der Waals surface area contributed by atoms with E-state index in [-0.39, 0.29) is 30.5 Å². The molecule has 0 spiro atoms. The molecule has 7 nitrogen and oxygen atoms in total. The summed E-state index contributed by atoms with van der Waals surface area (Å²) >= 11 is 7.21. The van der Waals surface area contributed by atoms with Crippen molar-refractivity contribution in [1.29, 1.82) is 0 Å². The number of halogens is 1. The summed E-state index contributed by atoms with van der Waals surface area (Å²) in [7, 11) is 1.67. The zero-order valence-corrected chi connectivity index (χ0v) is 15.4. The number of aromatic nitrogens is 1. The van der Waals surface area contributed by atoms with Crippen LogP contribution in [-0.4, -0.2) is 39.8 Å². The number of carboxylic acids is 1. The van der Waals surface area contributed by atoms with Crippen LogP contribution in [0.25, 0.3) is 0 Å². The van der Waals surface area contributed by atoms with Crippen molar-refractivity contribution in [3.63, 3.8) is 0 Å². The largest absolute Gasteiger partial charge is 0.476 e. The van der Waals surface area contributed by atoms with Gasteiger partial charge in [-0.05, 0) is 17.7 Å². The van der Waals surface area contributed by atoms with Gasteiger partial charge in [0.15, 0.2) is 5.69 Å². The van der Waals surface area contributed by atoms with Gasteiger partial charge in [-0.15, -0.1) is 11.3 Å². The van der Waals surface area contributed by atoms with E-state index in [9.17, 15) is 14.4 Å². The van der Waals surface area contributed by atoms with Gasteiger partial charge in [0.25, 0.3) is 0 Å². The number of carbonyl (C=O) groups is 3. The van der Waals surface area contributed by atoms with Crippen LogP contribution >= 0.6 is 22.9 Å². The number of benzene rings is 1. The topological polar surface area (TPSA) is 99.6 Å². The molecule has 26 heavy (non-hydrogen) atoms. The van der Waals surface area contributed by atoms with E-state index in [4.69, 9.17) is 16.7 Å². The minimum absolute atomic E-state index is 0.0492. The number of thiazole rings is 1. The monoisotopic (exact) mass is 393 g/mol. The van der Waals surface area contributed by atoms with Gasteiger partial charge in [0.2, 0.25) is 11.8 Å². The van der Waals surface area contributed by atoms with Crippen molar-refractivity contribution in [3.05, 3.63) is 50.9 Å². The molecule has 0 radical (unpaired) electrons. The number of aromatic carboxylic acids is 1. The standard InChI is InChI=1S/C17H16ClN3O4S/c1-21-14(22)6-11(15(21)9-3-2-4-10(18)5-9)16(23)19-7-13-20-12(8-26-13)17(24)25/h2-5,8,11,15H,6-7H2,1H3,(H,19,23)(H,24,25)/t11-,15+/m1/s1. The number of amides is 2. The van der Waals surface area contributed by atoms with Crippen LogP contribution in [0, 0.1) is 5.92 Å². The van der Waals surface area contributed by atoms with Gasteiger partial charge in [-0.1, -0.05) is 23.7 Å². The molecule has 2 atom stereocenters. The first-order valence-electron chi connectivity index (χ1n) is 7.83. The molecule has 2 amide bonds. The number of carbonyl (C=O) groups excluding carboxylic acids is 2. The van der Waals surface area contributed by atoms with Crippen LogP contribution < -0.4 is 5.32 Å². The van der Waals surface area contributed by atoms with E-state index in [0.29, 0.717) is 10.0 Å². The Labute approximate surface area is 158 Å². The summed E-state index contributed by atoms with van der Waals surface area (Å²) < 4.78 is 0. The fraction of sp³-hybridized carbons (Fsp3) is 0.294. The molecular formula is C17H16ClN3O4S. The predicted octanol–water partition coefficient (Wildman–Crippen LogP) is 2.33. The molecule has 9 heteroatoms. The number of carboxylic acid groups (broad SMARTS) is 1. The van der Waals surface area contributed by atoms with E-state index >= 15 is 0 Å². The molecule has 1 saturated heterocycles. The fourth-order valence-electron chi connectivity index (χ4n) is 3.04. The molecule has 1 aliphatic rings. The summed E-state index contributed by atoms with van der Waals surface area (Å²) in [6.45, 7) is 0.119. The smallest absolute Gasteiger partial charge is 0.355 e. The molecular weight excluding hydrogens is 378 g/mol. The van der Waals surface area contributed by atoms with Gasteiger partial charge >= 0.3 is 5.97 Å². The second kappa shape index (κ2) is 7.43. The first-order chi connectivity index (χ1) is 12.4. The maximum absolute atomic E-state index is 12.7. The highest BCUT2D eigenvalue weighted by molar-refractivity contribution is 7.09. The Morgan fingerprint density at radius 3 is 2.88 bits per heavy atom. The normalized spacial score (nSPS) is 19.6. The number of nitrogens with zero attached hydrogens (tertiary/aromatic N) is 2. The Morgan fingerprint density at radius 2 is 2.23 bits per heavy atom. The second-order valence-electron chi connectivity index (χ2n) is 5.96. The molecule has 1 fully saturated rings. The summed E-state index contributed by atoms with van der Waals surface area (Å²) in [6, 6.07) is 6.71. The quantitative estimate of drug-likeness (QED) is 0.812. The maximum atomic E-state index is 12.7. The third-order valence-corrected chi connectivity index (χ3v) is 5.38. The fourth-order valence-corrected chi connectivity index (χ4v) is 3.94. The molecule has 2 aromatic rings. The highest BCUT2D eigenvalue weighted by atomic mass is 35.5. The summed E-state index contributed by atoms with van der Waals surface area (Å²) in [5.74, 6) is -2.05. The molecule has 0 unspecified atom stereocenters. The maximum Gasteiger partial charge on any atom is 0.355 e. The van der Waals surface area contributed by atoms with E-state index in [0.717, 1.165) is 16.9 Å². The van der Waals surface area contributed by atoms with E-state index in [1.54, 1.807) is 30.1 Å². The minimum Gasteiger partial charge on any atom is -0.476 e. The van der Waals surface area contributed by atoms with Crippen molar-refractivity contribution in [1.82, 2.24) is 15.2 Å². The third kappa shape index (κ3) is 3.71. The highest BCUT2D eigenvalue weighted by Gasteiger charge is 2.42. The van der Waals surface area contributed by atoms with Crippen molar-refractivity contribution < 1.29 is 19.5 Å². The average Bonchev–Trinajstić information content (AvgIpc) is 3.18. The van der Waals surface area contributed by atoms with Crippen LogP contribution in [0.2, 0.25) is 5.02 Å². The molecule has 1 aliphatic heterocycles. The predicted molar refractivity (Wildman–Crippen MR) is 96.0 cm³/mol. The molecule has 2 N–H and O–H groups in total. The lowest BCUT2D eigenvalue weighted by atomic mass is 9.93. The lowest BCUT2D eigenvalue weighted by Gasteiger charge is -2.25. The lowest BCUT2D eigenvalue weighted by Crippen LogP contribution is -2.34. The van der Waals surface area contributed by atoms with Gasteiger partial charge in [0.05, 0.1) is 18.5 Å². The number of hydrogen-bond donors (Lipinski definition) is 2. The Morgan fingerprint density at radius 1 is 1.46 bits per heavy atom. The average molecular weight is 394 g/mol. The molecule has 3 rings (SSSR count). The summed E-state index contributed by atoms with van der Waals surface area (Å²) in [6.07, 6.45) is 0.109. The first kappa shape index (κ1) is 18.3. The van der Waals surface area contributed by atoms with Crippen LogP contribution in [-0.2, 0) is 16.1 Å². The van der Waals surface area contributed by atoms with Crippen LogP contribution in [0.3, 0.4) is 0 Å². The van der Waals surface area contributed by atoms with Crippen LogP contribution in [0.15, 0.2) is 29.6 Å². The summed E-state index contributed by atoms with van der Waals surface area (Å²) in [4.78, 5) is 41.2. The number of rotatable bonds is 5. The van der Waals surface area contributed by atoms with Crippen molar-refractivity contribution in [2.75, 3.05) is 7.05 Å². The van der Waals surface area contributed by atoms with Gasteiger partial charge in [0, 0.05) is 23.9 Å². The number of nitrogens with one attached hydrogen (secondary N) is 1. The van der Waals surface area contributed by atoms with Gasteiger partial charge in [-0.3, -0.25) is 9.59 Å². The zero-order valence-electron chi connectivity index (χ0n) is 13.8. The number of hydrogen-bond acceptors (Lipinski definition) is 5. The highest BCUT2D eigenvalue weighted by Crippen LogP contribution is 2.37.